The van der Waals surface area contributed by atoms with Crippen LogP contribution in [0, 0.1) is 0 Å². The number of nitrogens with zero attached hydrogens (tertiary/aromatic N) is 1. The van der Waals surface area contributed by atoms with Crippen molar-refractivity contribution in [1.82, 2.24) is 4.98 Å². The van der Waals surface area contributed by atoms with Gasteiger partial charge in [-0.05, 0) is 22.0 Å². The third-order valence-electron chi connectivity index (χ3n) is 1.36. The lowest BCUT2D eigenvalue weighted by Crippen LogP contribution is -1.96. The first-order chi connectivity index (χ1) is 6.06. The minimum atomic E-state index is -2.64. The first kappa shape index (κ1) is 11.3. The van der Waals surface area contributed by atoms with Gasteiger partial charge in [-0.25, -0.2) is 13.8 Å². The summed E-state index contributed by atoms with van der Waals surface area (Å²) in [6.45, 7) is 0. The monoisotopic (exact) mass is 333 g/mol. The molecule has 0 radical (unpaired) electrons. The van der Waals surface area contributed by atoms with Gasteiger partial charge in [-0.3, -0.25) is 0 Å². The summed E-state index contributed by atoms with van der Waals surface area (Å²) in [5.74, 6) is 0. The smallest absolute Gasteiger partial charge is 0.248 e. The zero-order valence-electron chi connectivity index (χ0n) is 6.20. The molecule has 0 aliphatic carbocycles. The average Bonchev–Trinajstić information content (AvgIpc) is 2.03. The number of alkyl halides is 3. The van der Waals surface area contributed by atoms with Crippen molar-refractivity contribution in [3.05, 3.63) is 26.9 Å². The number of pyridine rings is 1. The van der Waals surface area contributed by atoms with Crippen LogP contribution in [0.4, 0.5) is 8.78 Å². The van der Waals surface area contributed by atoms with Crippen molar-refractivity contribution in [1.29, 1.82) is 0 Å². The highest BCUT2D eigenvalue weighted by atomic mass is 79.9. The number of hydrogen-bond donors (Lipinski definition) is 0. The first-order valence-electron chi connectivity index (χ1n) is 3.25. The van der Waals surface area contributed by atoms with Gasteiger partial charge in [-0.15, -0.1) is 0 Å². The van der Waals surface area contributed by atoms with Crippen molar-refractivity contribution in [3.8, 4) is 0 Å². The molecule has 72 valence electrons. The summed E-state index contributed by atoms with van der Waals surface area (Å²) in [6, 6.07) is 1.42. The zero-order valence-corrected chi connectivity index (χ0v) is 10.1. The number of rotatable bonds is 2. The fourth-order valence-electron chi connectivity index (χ4n) is 0.767. The molecule has 0 bridgehead atoms. The molecule has 0 aliphatic rings. The molecule has 0 atom stereocenters. The van der Waals surface area contributed by atoms with Crippen LogP contribution in [0.1, 0.15) is 17.8 Å². The molecule has 1 rings (SSSR count). The molecule has 0 aliphatic heterocycles. The molecule has 1 heterocycles. The normalized spacial score (nSPS) is 10.9. The molecule has 13 heavy (non-hydrogen) atoms. The molecule has 0 amide bonds. The van der Waals surface area contributed by atoms with Crippen molar-refractivity contribution in [2.45, 2.75) is 11.8 Å². The van der Waals surface area contributed by atoms with Gasteiger partial charge in [-0.2, -0.15) is 0 Å². The van der Waals surface area contributed by atoms with Crippen LogP contribution >= 0.6 is 43.5 Å². The van der Waals surface area contributed by atoms with E-state index in [9.17, 15) is 8.78 Å². The van der Waals surface area contributed by atoms with Gasteiger partial charge in [0.1, 0.15) is 5.69 Å². The Labute approximate surface area is 95.8 Å². The van der Waals surface area contributed by atoms with Crippen molar-refractivity contribution in [3.63, 3.8) is 0 Å². The van der Waals surface area contributed by atoms with Gasteiger partial charge in [0.15, 0.2) is 0 Å². The highest BCUT2D eigenvalue weighted by molar-refractivity contribution is 9.10. The fraction of sp³-hybridized carbons (Fsp3) is 0.286. The minimum absolute atomic E-state index is 0.0217. The fourth-order valence-corrected chi connectivity index (χ4v) is 2.39. The summed E-state index contributed by atoms with van der Waals surface area (Å²) in [6.07, 6.45) is -2.64. The number of hydrogen-bond acceptors (Lipinski definition) is 1. The Morgan fingerprint density at radius 3 is 2.62 bits per heavy atom. The van der Waals surface area contributed by atoms with Crippen LogP contribution in [-0.4, -0.2) is 4.98 Å². The van der Waals surface area contributed by atoms with Gasteiger partial charge in [0.25, 0.3) is 6.43 Å². The Kier molecular flexibility index (Phi) is 4.06. The molecule has 0 N–H and O–H groups in total. The van der Waals surface area contributed by atoms with E-state index in [0.29, 0.717) is 15.5 Å². The third kappa shape index (κ3) is 2.60. The molecule has 1 nitrogen and oxygen atoms in total. The zero-order chi connectivity index (χ0) is 10.0. The molecular formula is C7H4Br2ClF2N. The Morgan fingerprint density at radius 2 is 2.15 bits per heavy atom. The van der Waals surface area contributed by atoms with Gasteiger partial charge in [0.05, 0.1) is 10.7 Å². The average molecular weight is 335 g/mol. The molecule has 0 unspecified atom stereocenters. The highest BCUT2D eigenvalue weighted by Crippen LogP contribution is 2.30. The summed E-state index contributed by atoms with van der Waals surface area (Å²) >= 11 is 11.9. The quantitative estimate of drug-likeness (QED) is 0.733. The predicted molar refractivity (Wildman–Crippen MR) is 54.5 cm³/mol. The van der Waals surface area contributed by atoms with E-state index >= 15 is 0 Å². The summed E-state index contributed by atoms with van der Waals surface area (Å²) in [5.41, 5.74) is 0.138. The van der Waals surface area contributed by atoms with E-state index in [0.717, 1.165) is 0 Å². The standard InChI is InChI=1S/C7H4Br2ClF2N/c8-2-5-3(9)1-4(10)6(13-5)7(11)12/h1,7H,2H2. The van der Waals surface area contributed by atoms with E-state index in [4.69, 9.17) is 11.6 Å². The molecule has 1 aromatic rings. The van der Waals surface area contributed by atoms with E-state index in [2.05, 4.69) is 36.8 Å². The lowest BCUT2D eigenvalue weighted by atomic mass is 10.3. The lowest BCUT2D eigenvalue weighted by molar-refractivity contribution is 0.146. The maximum Gasteiger partial charge on any atom is 0.281 e. The summed E-state index contributed by atoms with van der Waals surface area (Å²) in [7, 11) is 0. The van der Waals surface area contributed by atoms with Crippen LogP contribution in [0.3, 0.4) is 0 Å². The van der Waals surface area contributed by atoms with Crippen LogP contribution in [0.25, 0.3) is 0 Å². The van der Waals surface area contributed by atoms with Crippen molar-refractivity contribution < 1.29 is 8.78 Å². The van der Waals surface area contributed by atoms with Crippen LogP contribution in [0.15, 0.2) is 10.5 Å². The number of halogens is 5. The van der Waals surface area contributed by atoms with E-state index in [1.165, 1.54) is 6.07 Å². The highest BCUT2D eigenvalue weighted by Gasteiger charge is 2.16. The topological polar surface area (TPSA) is 12.9 Å². The molecule has 0 aromatic carbocycles. The Morgan fingerprint density at radius 1 is 1.54 bits per heavy atom. The summed E-state index contributed by atoms with van der Waals surface area (Å²) < 4.78 is 25.2. The second-order valence-electron chi connectivity index (χ2n) is 2.22. The molecule has 1 aromatic heterocycles. The van der Waals surface area contributed by atoms with Crippen LogP contribution in [0.2, 0.25) is 5.02 Å². The van der Waals surface area contributed by atoms with E-state index in [1.807, 2.05) is 0 Å². The SMILES string of the molecule is FC(F)c1nc(CBr)c(Br)cc1Cl. The molecule has 6 heteroatoms. The third-order valence-corrected chi connectivity index (χ3v) is 2.88. The number of aromatic nitrogens is 1. The molecule has 0 fully saturated rings. The van der Waals surface area contributed by atoms with Crippen molar-refractivity contribution >= 4 is 43.5 Å². The summed E-state index contributed by atoms with van der Waals surface area (Å²) in [4.78, 5) is 3.71. The molecule has 0 spiro atoms. The minimum Gasteiger partial charge on any atom is -0.248 e. The van der Waals surface area contributed by atoms with E-state index in [1.54, 1.807) is 0 Å². The molecule has 0 saturated heterocycles. The molecular weight excluding hydrogens is 331 g/mol. The maximum absolute atomic E-state index is 12.3. The van der Waals surface area contributed by atoms with Gasteiger partial charge in [0, 0.05) is 9.80 Å². The van der Waals surface area contributed by atoms with Crippen LogP contribution < -0.4 is 0 Å². The Bertz CT molecular complexity index is 320. The first-order valence-corrected chi connectivity index (χ1v) is 5.54. The Balaban J connectivity index is 3.22. The second-order valence-corrected chi connectivity index (χ2v) is 4.04. The lowest BCUT2D eigenvalue weighted by Gasteiger charge is -2.05. The summed E-state index contributed by atoms with van der Waals surface area (Å²) in [5, 5.41) is 0.386. The van der Waals surface area contributed by atoms with E-state index < -0.39 is 6.43 Å². The van der Waals surface area contributed by atoms with E-state index in [-0.39, 0.29) is 10.7 Å². The van der Waals surface area contributed by atoms with Crippen LogP contribution in [-0.2, 0) is 5.33 Å². The van der Waals surface area contributed by atoms with Gasteiger partial charge in [-0.1, -0.05) is 27.5 Å². The largest absolute Gasteiger partial charge is 0.281 e. The van der Waals surface area contributed by atoms with Gasteiger partial charge < -0.3 is 0 Å². The van der Waals surface area contributed by atoms with Crippen LogP contribution in [0.5, 0.6) is 0 Å². The van der Waals surface area contributed by atoms with Gasteiger partial charge >= 0.3 is 0 Å². The van der Waals surface area contributed by atoms with Crippen molar-refractivity contribution in [2.75, 3.05) is 0 Å². The predicted octanol–water partition coefficient (Wildman–Crippen LogP) is 4.33. The van der Waals surface area contributed by atoms with Crippen molar-refractivity contribution in [2.24, 2.45) is 0 Å². The maximum atomic E-state index is 12.3. The molecule has 0 saturated carbocycles. The second kappa shape index (κ2) is 4.66. The van der Waals surface area contributed by atoms with Gasteiger partial charge in [0.2, 0.25) is 0 Å². The Hall–Kier alpha value is 0.260.